The van der Waals surface area contributed by atoms with Gasteiger partial charge in [-0.3, -0.25) is 4.98 Å². The van der Waals surface area contributed by atoms with Crippen LogP contribution in [-0.4, -0.2) is 9.97 Å². The maximum absolute atomic E-state index is 4.20. The summed E-state index contributed by atoms with van der Waals surface area (Å²) in [5.41, 5.74) is 2.44. The molecule has 2 aromatic rings. The van der Waals surface area contributed by atoms with Crippen LogP contribution in [-0.2, 0) is 6.54 Å². The summed E-state index contributed by atoms with van der Waals surface area (Å²) in [5, 5.41) is 3.26. The monoisotopic (exact) mass is 199 g/mol. The van der Waals surface area contributed by atoms with E-state index < -0.39 is 0 Å². The number of aryl methyl sites for hydroxylation is 1. The number of rotatable bonds is 3. The molecule has 15 heavy (non-hydrogen) atoms. The quantitative estimate of drug-likeness (QED) is 0.824. The summed E-state index contributed by atoms with van der Waals surface area (Å²) < 4.78 is 0. The normalized spacial score (nSPS) is 9.93. The van der Waals surface area contributed by atoms with Crippen molar-refractivity contribution in [1.82, 2.24) is 9.97 Å². The molecule has 2 aromatic heterocycles. The molecule has 0 bridgehead atoms. The van der Waals surface area contributed by atoms with Gasteiger partial charge in [0.25, 0.3) is 0 Å². The van der Waals surface area contributed by atoms with E-state index >= 15 is 0 Å². The first-order valence-corrected chi connectivity index (χ1v) is 4.90. The van der Waals surface area contributed by atoms with E-state index in [-0.39, 0.29) is 0 Å². The van der Waals surface area contributed by atoms with E-state index in [1.54, 1.807) is 6.20 Å². The van der Waals surface area contributed by atoms with Gasteiger partial charge in [-0.15, -0.1) is 0 Å². The predicted molar refractivity (Wildman–Crippen MR) is 60.5 cm³/mol. The van der Waals surface area contributed by atoms with E-state index in [0.29, 0.717) is 0 Å². The first kappa shape index (κ1) is 9.65. The topological polar surface area (TPSA) is 37.8 Å². The molecule has 0 aliphatic rings. The molecule has 3 nitrogen and oxygen atoms in total. The third-order valence-electron chi connectivity index (χ3n) is 2.26. The van der Waals surface area contributed by atoms with Crippen molar-refractivity contribution in [2.24, 2.45) is 0 Å². The Labute approximate surface area is 89.2 Å². The van der Waals surface area contributed by atoms with Crippen molar-refractivity contribution in [2.45, 2.75) is 13.5 Å². The summed E-state index contributed by atoms with van der Waals surface area (Å²) in [5.74, 6) is 0.897. The Balaban J connectivity index is 2.03. The minimum atomic E-state index is 0.783. The Morgan fingerprint density at radius 1 is 1.20 bits per heavy atom. The zero-order chi connectivity index (χ0) is 10.5. The summed E-state index contributed by atoms with van der Waals surface area (Å²) in [6, 6.07) is 7.85. The van der Waals surface area contributed by atoms with E-state index in [1.165, 1.54) is 11.1 Å². The van der Waals surface area contributed by atoms with Crippen molar-refractivity contribution in [3.8, 4) is 0 Å². The van der Waals surface area contributed by atoms with Crippen molar-refractivity contribution in [1.29, 1.82) is 0 Å². The highest BCUT2D eigenvalue weighted by molar-refractivity contribution is 5.35. The predicted octanol–water partition coefficient (Wildman–Crippen LogP) is 2.40. The summed E-state index contributed by atoms with van der Waals surface area (Å²) >= 11 is 0. The average Bonchev–Trinajstić information content (AvgIpc) is 2.29. The van der Waals surface area contributed by atoms with Gasteiger partial charge in [-0.2, -0.15) is 0 Å². The molecule has 2 heterocycles. The van der Waals surface area contributed by atoms with Crippen LogP contribution in [0.3, 0.4) is 0 Å². The molecule has 0 amide bonds. The fourth-order valence-corrected chi connectivity index (χ4v) is 1.35. The van der Waals surface area contributed by atoms with Crippen LogP contribution in [0.5, 0.6) is 0 Å². The standard InChI is InChI=1S/C12H13N3/c1-10-8-13-7-5-11(10)9-15-12-4-2-3-6-14-12/h2-8H,9H2,1H3,(H,14,15). The molecule has 76 valence electrons. The fourth-order valence-electron chi connectivity index (χ4n) is 1.35. The number of hydrogen-bond acceptors (Lipinski definition) is 3. The van der Waals surface area contributed by atoms with Crippen molar-refractivity contribution in [3.63, 3.8) is 0 Å². The Morgan fingerprint density at radius 3 is 2.87 bits per heavy atom. The lowest BCUT2D eigenvalue weighted by molar-refractivity contribution is 1.07. The largest absolute Gasteiger partial charge is 0.366 e. The van der Waals surface area contributed by atoms with E-state index in [1.807, 2.05) is 36.7 Å². The third-order valence-corrected chi connectivity index (χ3v) is 2.26. The molecule has 0 radical (unpaired) electrons. The summed E-state index contributed by atoms with van der Waals surface area (Å²) in [7, 11) is 0. The minimum Gasteiger partial charge on any atom is -0.366 e. The number of hydrogen-bond donors (Lipinski definition) is 1. The van der Waals surface area contributed by atoms with Crippen LogP contribution in [0, 0.1) is 6.92 Å². The molecule has 0 saturated heterocycles. The highest BCUT2D eigenvalue weighted by Crippen LogP contribution is 2.08. The highest BCUT2D eigenvalue weighted by Gasteiger charge is 1.97. The van der Waals surface area contributed by atoms with Gasteiger partial charge in [-0.1, -0.05) is 6.07 Å². The van der Waals surface area contributed by atoms with Crippen LogP contribution in [0.4, 0.5) is 5.82 Å². The lowest BCUT2D eigenvalue weighted by atomic mass is 10.1. The Hall–Kier alpha value is -1.90. The Bertz CT molecular complexity index is 426. The third kappa shape index (κ3) is 2.53. The Kier molecular flexibility index (Phi) is 2.93. The molecule has 0 unspecified atom stereocenters. The SMILES string of the molecule is Cc1cnccc1CNc1ccccn1. The van der Waals surface area contributed by atoms with Gasteiger partial charge < -0.3 is 5.32 Å². The fraction of sp³-hybridized carbons (Fsp3) is 0.167. The van der Waals surface area contributed by atoms with Crippen LogP contribution < -0.4 is 5.32 Å². The molecule has 3 heteroatoms. The van der Waals surface area contributed by atoms with Crippen molar-refractivity contribution < 1.29 is 0 Å². The van der Waals surface area contributed by atoms with Crippen LogP contribution >= 0.6 is 0 Å². The van der Waals surface area contributed by atoms with Crippen molar-refractivity contribution in [3.05, 3.63) is 54.0 Å². The zero-order valence-corrected chi connectivity index (χ0v) is 8.64. The molecular formula is C12H13N3. The molecule has 0 aromatic carbocycles. The second kappa shape index (κ2) is 4.55. The highest BCUT2D eigenvalue weighted by atomic mass is 15.0. The lowest BCUT2D eigenvalue weighted by Crippen LogP contribution is -2.02. The first-order chi connectivity index (χ1) is 7.36. The van der Waals surface area contributed by atoms with Gasteiger partial charge in [0, 0.05) is 25.1 Å². The lowest BCUT2D eigenvalue weighted by Gasteiger charge is -2.07. The van der Waals surface area contributed by atoms with E-state index in [2.05, 4.69) is 22.2 Å². The van der Waals surface area contributed by atoms with Gasteiger partial charge in [0.15, 0.2) is 0 Å². The number of aromatic nitrogens is 2. The van der Waals surface area contributed by atoms with Gasteiger partial charge in [-0.25, -0.2) is 4.98 Å². The summed E-state index contributed by atoms with van der Waals surface area (Å²) in [6.07, 6.45) is 5.46. The van der Waals surface area contributed by atoms with E-state index in [9.17, 15) is 0 Å². The van der Waals surface area contributed by atoms with Crippen LogP contribution in [0.1, 0.15) is 11.1 Å². The van der Waals surface area contributed by atoms with Gasteiger partial charge in [0.2, 0.25) is 0 Å². The number of pyridine rings is 2. The van der Waals surface area contributed by atoms with Crippen LogP contribution in [0.15, 0.2) is 42.9 Å². The van der Waals surface area contributed by atoms with Gasteiger partial charge in [0.05, 0.1) is 0 Å². The molecule has 0 aliphatic carbocycles. The molecule has 0 atom stereocenters. The van der Waals surface area contributed by atoms with Crippen molar-refractivity contribution in [2.75, 3.05) is 5.32 Å². The molecular weight excluding hydrogens is 186 g/mol. The number of anilines is 1. The average molecular weight is 199 g/mol. The molecule has 2 rings (SSSR count). The maximum Gasteiger partial charge on any atom is 0.126 e. The molecule has 0 aliphatic heterocycles. The molecule has 1 N–H and O–H groups in total. The van der Waals surface area contributed by atoms with E-state index in [0.717, 1.165) is 12.4 Å². The smallest absolute Gasteiger partial charge is 0.126 e. The van der Waals surface area contributed by atoms with Crippen LogP contribution in [0.25, 0.3) is 0 Å². The van der Waals surface area contributed by atoms with Crippen molar-refractivity contribution >= 4 is 5.82 Å². The van der Waals surface area contributed by atoms with Crippen LogP contribution in [0.2, 0.25) is 0 Å². The Morgan fingerprint density at radius 2 is 2.13 bits per heavy atom. The zero-order valence-electron chi connectivity index (χ0n) is 8.64. The van der Waals surface area contributed by atoms with Gasteiger partial charge in [-0.05, 0) is 36.2 Å². The molecule has 0 fully saturated rings. The minimum absolute atomic E-state index is 0.783. The number of nitrogens with one attached hydrogen (secondary N) is 1. The van der Waals surface area contributed by atoms with E-state index in [4.69, 9.17) is 0 Å². The molecule has 0 spiro atoms. The maximum atomic E-state index is 4.20. The van der Waals surface area contributed by atoms with Gasteiger partial charge in [0.1, 0.15) is 5.82 Å². The molecule has 0 saturated carbocycles. The van der Waals surface area contributed by atoms with Gasteiger partial charge >= 0.3 is 0 Å². The number of nitrogens with zero attached hydrogens (tertiary/aromatic N) is 2. The second-order valence-corrected chi connectivity index (χ2v) is 3.37. The summed E-state index contributed by atoms with van der Waals surface area (Å²) in [6.45, 7) is 2.84. The first-order valence-electron chi connectivity index (χ1n) is 4.90. The summed E-state index contributed by atoms with van der Waals surface area (Å²) in [4.78, 5) is 8.25. The second-order valence-electron chi connectivity index (χ2n) is 3.37.